The zero-order valence-electron chi connectivity index (χ0n) is 13.0. The van der Waals surface area contributed by atoms with Gasteiger partial charge in [-0.25, -0.2) is 9.48 Å². The van der Waals surface area contributed by atoms with E-state index < -0.39 is 6.04 Å². The number of nitrogens with one attached hydrogen (secondary N) is 1. The largest absolute Gasteiger partial charge is 0.467 e. The van der Waals surface area contributed by atoms with Crippen molar-refractivity contribution in [2.45, 2.75) is 46.2 Å². The van der Waals surface area contributed by atoms with Crippen molar-refractivity contribution in [3.05, 3.63) is 21.0 Å². The summed E-state index contributed by atoms with van der Waals surface area (Å²) in [5, 5.41) is 7.15. The predicted molar refractivity (Wildman–Crippen MR) is 85.5 cm³/mol. The first-order valence-electron chi connectivity index (χ1n) is 6.89. The maximum atomic E-state index is 12.2. The molecular formula is C14H22BrN3O3. The molecule has 0 spiro atoms. The van der Waals surface area contributed by atoms with Crippen LogP contribution in [0.25, 0.3) is 0 Å². The van der Waals surface area contributed by atoms with Crippen LogP contribution in [0.15, 0.2) is 15.5 Å². The maximum Gasteiger partial charge on any atom is 0.328 e. The van der Waals surface area contributed by atoms with Crippen LogP contribution in [-0.4, -0.2) is 28.9 Å². The van der Waals surface area contributed by atoms with E-state index in [4.69, 9.17) is 4.74 Å². The van der Waals surface area contributed by atoms with Crippen LogP contribution in [-0.2, 0) is 9.53 Å². The topological polar surface area (TPSA) is 73.2 Å². The lowest BCUT2D eigenvalue weighted by Gasteiger charge is -2.20. The highest BCUT2D eigenvalue weighted by Crippen LogP contribution is 2.20. The second kappa shape index (κ2) is 7.59. The second-order valence-corrected chi connectivity index (χ2v) is 6.36. The van der Waals surface area contributed by atoms with Crippen LogP contribution in [0.3, 0.4) is 0 Å². The summed E-state index contributed by atoms with van der Waals surface area (Å²) in [5.41, 5.74) is 0.260. The molecular weight excluding hydrogens is 338 g/mol. The Bertz CT molecular complexity index is 555. The molecule has 118 valence electrons. The Labute approximate surface area is 133 Å². The Morgan fingerprint density at radius 1 is 1.43 bits per heavy atom. The van der Waals surface area contributed by atoms with Gasteiger partial charge in [0.1, 0.15) is 10.5 Å². The second-order valence-electron chi connectivity index (χ2n) is 5.57. The average Bonchev–Trinajstić information content (AvgIpc) is 2.41. The van der Waals surface area contributed by atoms with E-state index in [1.807, 2.05) is 27.7 Å². The number of esters is 1. The first kappa shape index (κ1) is 17.7. The number of carbonyl (C=O) groups is 1. The number of nitrogens with zero attached hydrogens (tertiary/aromatic N) is 2. The third kappa shape index (κ3) is 4.56. The molecule has 1 N–H and O–H groups in total. The number of carbonyl (C=O) groups excluding carboxylic acids is 1. The molecule has 7 heteroatoms. The van der Waals surface area contributed by atoms with Crippen molar-refractivity contribution < 1.29 is 9.53 Å². The predicted octanol–water partition coefficient (Wildman–Crippen LogP) is 2.59. The van der Waals surface area contributed by atoms with Gasteiger partial charge in [-0.3, -0.25) is 4.79 Å². The Kier molecular flexibility index (Phi) is 6.39. The first-order chi connectivity index (χ1) is 9.77. The van der Waals surface area contributed by atoms with Crippen LogP contribution >= 0.6 is 15.9 Å². The van der Waals surface area contributed by atoms with Gasteiger partial charge in [0.25, 0.3) is 5.56 Å². The van der Waals surface area contributed by atoms with E-state index in [0.29, 0.717) is 22.5 Å². The quantitative estimate of drug-likeness (QED) is 0.790. The summed E-state index contributed by atoms with van der Waals surface area (Å²) in [7, 11) is 1.35. The van der Waals surface area contributed by atoms with E-state index in [9.17, 15) is 9.59 Å². The van der Waals surface area contributed by atoms with Gasteiger partial charge < -0.3 is 10.1 Å². The molecule has 1 aromatic heterocycles. The molecule has 0 saturated heterocycles. The number of hydrogen-bond donors (Lipinski definition) is 1. The highest BCUT2D eigenvalue weighted by Gasteiger charge is 2.22. The molecule has 0 aliphatic heterocycles. The molecule has 0 fully saturated rings. The van der Waals surface area contributed by atoms with Crippen molar-refractivity contribution >= 4 is 27.6 Å². The minimum absolute atomic E-state index is 0.0325. The van der Waals surface area contributed by atoms with Crippen molar-refractivity contribution in [1.29, 1.82) is 0 Å². The summed E-state index contributed by atoms with van der Waals surface area (Å²) < 4.78 is 6.54. The third-order valence-corrected chi connectivity index (χ3v) is 3.72. The first-order valence-corrected chi connectivity index (χ1v) is 7.68. The summed E-state index contributed by atoms with van der Waals surface area (Å²) in [6.07, 6.45) is 2.15. The van der Waals surface area contributed by atoms with Gasteiger partial charge in [-0.1, -0.05) is 13.8 Å². The van der Waals surface area contributed by atoms with Crippen LogP contribution in [0.4, 0.5) is 5.69 Å². The molecule has 6 nitrogen and oxygen atoms in total. The highest BCUT2D eigenvalue weighted by atomic mass is 79.9. The van der Waals surface area contributed by atoms with E-state index in [1.165, 1.54) is 11.8 Å². The minimum atomic E-state index is -0.512. The van der Waals surface area contributed by atoms with Crippen molar-refractivity contribution in [2.24, 2.45) is 5.92 Å². The van der Waals surface area contributed by atoms with Crippen LogP contribution < -0.4 is 10.9 Å². The summed E-state index contributed by atoms with van der Waals surface area (Å²) in [6, 6.07) is -0.544. The SMILES string of the molecule is COC(=O)C(CC(C)C)Nc1cnn(C(C)C)c(=O)c1Br. The molecule has 21 heavy (non-hydrogen) atoms. The fourth-order valence-electron chi connectivity index (χ4n) is 1.93. The molecule has 1 aromatic rings. The number of methoxy groups -OCH3 is 1. The van der Waals surface area contributed by atoms with Gasteiger partial charge in [-0.2, -0.15) is 5.10 Å². The molecule has 1 heterocycles. The van der Waals surface area contributed by atoms with Crippen molar-refractivity contribution in [3.8, 4) is 0 Å². The summed E-state index contributed by atoms with van der Waals surface area (Å²) in [6.45, 7) is 7.79. The standard InChI is InChI=1S/C14H22BrN3O3/c1-8(2)6-10(14(20)21-5)17-11-7-16-18(9(3)4)13(19)12(11)15/h7-10,17H,6H2,1-5H3. The molecule has 0 aliphatic carbocycles. The Hall–Kier alpha value is -1.37. The fourth-order valence-corrected chi connectivity index (χ4v) is 2.33. The lowest BCUT2D eigenvalue weighted by Crippen LogP contribution is -2.34. The molecule has 1 rings (SSSR count). The fraction of sp³-hybridized carbons (Fsp3) is 0.643. The molecule has 0 saturated carbocycles. The zero-order valence-corrected chi connectivity index (χ0v) is 14.6. The van der Waals surface area contributed by atoms with E-state index >= 15 is 0 Å². The lowest BCUT2D eigenvalue weighted by molar-refractivity contribution is -0.141. The highest BCUT2D eigenvalue weighted by molar-refractivity contribution is 9.10. The van der Waals surface area contributed by atoms with Crippen molar-refractivity contribution in [2.75, 3.05) is 12.4 Å². The molecule has 0 aliphatic rings. The maximum absolute atomic E-state index is 12.2. The summed E-state index contributed by atoms with van der Waals surface area (Å²) in [5.74, 6) is -0.0481. The van der Waals surface area contributed by atoms with E-state index in [0.717, 1.165) is 0 Å². The number of ether oxygens (including phenoxy) is 1. The lowest BCUT2D eigenvalue weighted by atomic mass is 10.0. The van der Waals surface area contributed by atoms with Crippen LogP contribution in [0.1, 0.15) is 40.2 Å². The van der Waals surface area contributed by atoms with E-state index in [1.54, 1.807) is 6.20 Å². The third-order valence-electron chi connectivity index (χ3n) is 2.96. The van der Waals surface area contributed by atoms with Crippen molar-refractivity contribution in [3.63, 3.8) is 0 Å². The Morgan fingerprint density at radius 2 is 2.05 bits per heavy atom. The summed E-state index contributed by atoms with van der Waals surface area (Å²) in [4.78, 5) is 24.0. The van der Waals surface area contributed by atoms with Gasteiger partial charge in [0.05, 0.1) is 25.0 Å². The molecule has 1 atom stereocenters. The number of rotatable bonds is 6. The summed E-state index contributed by atoms with van der Waals surface area (Å²) >= 11 is 3.28. The van der Waals surface area contributed by atoms with Crippen LogP contribution in [0.2, 0.25) is 0 Å². The molecule has 0 radical (unpaired) electrons. The van der Waals surface area contributed by atoms with E-state index in [-0.39, 0.29) is 17.6 Å². The van der Waals surface area contributed by atoms with E-state index in [2.05, 4.69) is 26.3 Å². The van der Waals surface area contributed by atoms with Gasteiger partial charge in [-0.15, -0.1) is 0 Å². The minimum Gasteiger partial charge on any atom is -0.467 e. The number of hydrogen-bond acceptors (Lipinski definition) is 5. The number of anilines is 1. The smallest absolute Gasteiger partial charge is 0.328 e. The molecule has 1 unspecified atom stereocenters. The molecule has 0 bridgehead atoms. The van der Waals surface area contributed by atoms with Gasteiger partial charge >= 0.3 is 5.97 Å². The molecule has 0 aromatic carbocycles. The normalized spacial score (nSPS) is 12.6. The van der Waals surface area contributed by atoms with Gasteiger partial charge in [0, 0.05) is 0 Å². The Balaban J connectivity index is 3.07. The van der Waals surface area contributed by atoms with Gasteiger partial charge in [-0.05, 0) is 42.1 Å². The van der Waals surface area contributed by atoms with Crippen LogP contribution in [0.5, 0.6) is 0 Å². The monoisotopic (exact) mass is 359 g/mol. The van der Waals surface area contributed by atoms with Crippen molar-refractivity contribution in [1.82, 2.24) is 9.78 Å². The van der Waals surface area contributed by atoms with Gasteiger partial charge in [0.15, 0.2) is 0 Å². The number of aromatic nitrogens is 2. The molecule has 0 amide bonds. The van der Waals surface area contributed by atoms with Gasteiger partial charge in [0.2, 0.25) is 0 Å². The van der Waals surface area contributed by atoms with Crippen LogP contribution in [0, 0.1) is 5.92 Å². The number of halogens is 1. The zero-order chi connectivity index (χ0) is 16.2. The average molecular weight is 360 g/mol. The Morgan fingerprint density at radius 3 is 2.52 bits per heavy atom.